The molecular formula is C24H22NNaO5. The summed E-state index contributed by atoms with van der Waals surface area (Å²) in [5.74, 6) is -1.89. The average molecular weight is 427 g/mol. The van der Waals surface area contributed by atoms with E-state index in [1.165, 1.54) is 16.0 Å². The van der Waals surface area contributed by atoms with E-state index in [2.05, 4.69) is 18.2 Å². The number of rotatable bonds is 5. The van der Waals surface area contributed by atoms with E-state index in [1.54, 1.807) is 6.92 Å². The van der Waals surface area contributed by atoms with Gasteiger partial charge >= 0.3 is 29.6 Å². The number of carboxylic acids is 1. The van der Waals surface area contributed by atoms with Crippen molar-refractivity contribution in [1.29, 1.82) is 0 Å². The predicted octanol–water partition coefficient (Wildman–Crippen LogP) is -1.50. The minimum atomic E-state index is -1.39. The second-order valence-corrected chi connectivity index (χ2v) is 8.33. The van der Waals surface area contributed by atoms with Gasteiger partial charge in [0.15, 0.2) is 0 Å². The molecule has 31 heavy (non-hydrogen) atoms. The first-order valence-corrected chi connectivity index (χ1v) is 10.2. The van der Waals surface area contributed by atoms with Crippen LogP contribution in [-0.4, -0.2) is 40.6 Å². The van der Waals surface area contributed by atoms with Crippen LogP contribution in [0.15, 0.2) is 53.7 Å². The zero-order chi connectivity index (χ0) is 21.2. The Morgan fingerprint density at radius 3 is 2.65 bits per heavy atom. The third kappa shape index (κ3) is 3.24. The molecule has 1 saturated heterocycles. The third-order valence-corrected chi connectivity index (χ3v) is 6.67. The monoisotopic (exact) mass is 427 g/mol. The Labute approximate surface area is 202 Å². The maximum absolute atomic E-state index is 12.5. The largest absolute Gasteiger partial charge is 1.00 e. The molecular weight excluding hydrogens is 405 g/mol. The van der Waals surface area contributed by atoms with Crippen molar-refractivity contribution in [1.82, 2.24) is 4.90 Å². The molecule has 4 atom stereocenters. The first-order valence-electron chi connectivity index (χ1n) is 10.2. The average Bonchev–Trinajstić information content (AvgIpc) is 3.20. The Balaban J connectivity index is 0.00000231. The molecule has 0 spiro atoms. The van der Waals surface area contributed by atoms with Crippen LogP contribution in [0.3, 0.4) is 0 Å². The molecule has 154 valence electrons. The van der Waals surface area contributed by atoms with Crippen molar-refractivity contribution in [2.24, 2.45) is 11.8 Å². The van der Waals surface area contributed by atoms with Crippen LogP contribution in [-0.2, 0) is 16.0 Å². The molecule has 7 heteroatoms. The molecule has 0 aromatic heterocycles. The topological polar surface area (TPSA) is 89.9 Å². The second-order valence-electron chi connectivity index (χ2n) is 8.33. The van der Waals surface area contributed by atoms with Crippen LogP contribution in [0.4, 0.5) is 0 Å². The van der Waals surface area contributed by atoms with Gasteiger partial charge in [-0.2, -0.15) is 0 Å². The summed E-state index contributed by atoms with van der Waals surface area (Å²) in [7, 11) is 0. The maximum Gasteiger partial charge on any atom is 1.00 e. The SMILES string of the molecule is CC(O)C1C(=O)N2C(C(=O)[O-])=C(COc3cccc4c3-c3ccccc3C4)[C@H](C)C12.[Na+]. The Morgan fingerprint density at radius 2 is 1.94 bits per heavy atom. The van der Waals surface area contributed by atoms with E-state index in [4.69, 9.17) is 4.74 Å². The quantitative estimate of drug-likeness (QED) is 0.396. The van der Waals surface area contributed by atoms with Crippen LogP contribution in [0, 0.1) is 11.8 Å². The Morgan fingerprint density at radius 1 is 1.23 bits per heavy atom. The van der Waals surface area contributed by atoms with Crippen molar-refractivity contribution in [3.05, 3.63) is 64.9 Å². The summed E-state index contributed by atoms with van der Waals surface area (Å²) < 4.78 is 6.15. The Hall–Kier alpha value is -2.12. The molecule has 2 aliphatic heterocycles. The van der Waals surface area contributed by atoms with Gasteiger partial charge in [-0.3, -0.25) is 4.79 Å². The Kier molecular flexibility index (Phi) is 5.77. The standard InChI is InChI=1S/C24H23NO5.Na/c1-12-17(22(24(28)29)25-21(12)19(13(2)26)23(25)27)11-30-18-9-5-7-15-10-14-6-3-4-8-16(14)20(15)18;/h3-9,12-13,19,21,26H,10-11H2,1-2H3,(H,28,29);/q;+1/p-1/t12-,13?,19?,21?;/m0./s1. The van der Waals surface area contributed by atoms with Gasteiger partial charge < -0.3 is 24.6 Å². The molecule has 6 nitrogen and oxygen atoms in total. The second kappa shape index (κ2) is 8.10. The summed E-state index contributed by atoms with van der Waals surface area (Å²) in [6.07, 6.45) is 0.00496. The van der Waals surface area contributed by atoms with Gasteiger partial charge in [0.1, 0.15) is 12.4 Å². The number of benzene rings is 2. The molecule has 1 amide bonds. The van der Waals surface area contributed by atoms with Gasteiger partial charge in [0.05, 0.1) is 29.7 Å². The van der Waals surface area contributed by atoms with Crippen molar-refractivity contribution >= 4 is 11.9 Å². The van der Waals surface area contributed by atoms with Crippen LogP contribution in [0.2, 0.25) is 0 Å². The van der Waals surface area contributed by atoms with E-state index in [1.807, 2.05) is 31.2 Å². The number of aliphatic hydroxyl groups is 1. The van der Waals surface area contributed by atoms with E-state index >= 15 is 0 Å². The number of aliphatic hydroxyl groups excluding tert-OH is 1. The zero-order valence-corrected chi connectivity index (χ0v) is 19.8. The van der Waals surface area contributed by atoms with Crippen molar-refractivity contribution in [3.63, 3.8) is 0 Å². The summed E-state index contributed by atoms with van der Waals surface area (Å²) in [5.41, 5.74) is 5.00. The van der Waals surface area contributed by atoms with Crippen molar-refractivity contribution in [2.45, 2.75) is 32.4 Å². The summed E-state index contributed by atoms with van der Waals surface area (Å²) >= 11 is 0. The maximum atomic E-state index is 12.5. The molecule has 0 radical (unpaired) electrons. The van der Waals surface area contributed by atoms with Crippen molar-refractivity contribution in [2.75, 3.05) is 6.61 Å². The van der Waals surface area contributed by atoms with Crippen LogP contribution < -0.4 is 39.4 Å². The Bertz CT molecular complexity index is 1110. The fourth-order valence-corrected chi connectivity index (χ4v) is 5.25. The van der Waals surface area contributed by atoms with Crippen LogP contribution in [0.5, 0.6) is 5.75 Å². The first kappa shape index (κ1) is 22.1. The number of amides is 1. The van der Waals surface area contributed by atoms with E-state index in [-0.39, 0.29) is 59.7 Å². The first-order chi connectivity index (χ1) is 14.4. The third-order valence-electron chi connectivity index (χ3n) is 6.67. The van der Waals surface area contributed by atoms with Gasteiger partial charge in [-0.15, -0.1) is 0 Å². The van der Waals surface area contributed by atoms with Gasteiger partial charge in [0.2, 0.25) is 5.91 Å². The molecule has 0 bridgehead atoms. The summed E-state index contributed by atoms with van der Waals surface area (Å²) in [6, 6.07) is 13.7. The summed E-state index contributed by atoms with van der Waals surface area (Å²) in [5, 5.41) is 21.8. The number of aliphatic carboxylic acids is 1. The number of carbonyl (C=O) groups excluding carboxylic acids is 2. The minimum Gasteiger partial charge on any atom is -0.543 e. The van der Waals surface area contributed by atoms with Crippen LogP contribution >= 0.6 is 0 Å². The number of hydrogen-bond donors (Lipinski definition) is 1. The number of β-lactam (4-membered cyclic amide) rings is 1. The molecule has 5 rings (SSSR count). The van der Waals surface area contributed by atoms with Crippen molar-refractivity contribution < 1.29 is 54.1 Å². The molecule has 1 aliphatic carbocycles. The molecule has 3 unspecified atom stereocenters. The smallest absolute Gasteiger partial charge is 0.543 e. The van der Waals surface area contributed by atoms with E-state index < -0.39 is 18.0 Å². The molecule has 0 saturated carbocycles. The number of nitrogens with zero attached hydrogens (tertiary/aromatic N) is 1. The van der Waals surface area contributed by atoms with Crippen LogP contribution in [0.1, 0.15) is 25.0 Å². The fraction of sp³-hybridized carbons (Fsp3) is 0.333. The number of fused-ring (bicyclic) bond motifs is 4. The zero-order valence-electron chi connectivity index (χ0n) is 17.8. The van der Waals surface area contributed by atoms with E-state index in [9.17, 15) is 19.8 Å². The van der Waals surface area contributed by atoms with Gasteiger partial charge in [-0.25, -0.2) is 0 Å². The molecule has 2 aromatic carbocycles. The number of carboxylic acid groups (broad SMARTS) is 1. The fourth-order valence-electron chi connectivity index (χ4n) is 5.25. The van der Waals surface area contributed by atoms with E-state index in [0.29, 0.717) is 11.3 Å². The summed E-state index contributed by atoms with van der Waals surface area (Å²) in [6.45, 7) is 3.49. The number of ether oxygens (including phenoxy) is 1. The molecule has 1 N–H and O–H groups in total. The molecule has 2 heterocycles. The molecule has 1 fully saturated rings. The van der Waals surface area contributed by atoms with Gasteiger partial charge in [0, 0.05) is 11.5 Å². The van der Waals surface area contributed by atoms with Crippen LogP contribution in [0.25, 0.3) is 11.1 Å². The van der Waals surface area contributed by atoms with Crippen molar-refractivity contribution in [3.8, 4) is 16.9 Å². The van der Waals surface area contributed by atoms with Gasteiger partial charge in [-0.05, 0) is 41.7 Å². The molecule has 3 aliphatic rings. The summed E-state index contributed by atoms with van der Waals surface area (Å²) in [4.78, 5) is 25.6. The minimum absolute atomic E-state index is 0. The van der Waals surface area contributed by atoms with E-state index in [0.717, 1.165) is 17.5 Å². The van der Waals surface area contributed by atoms with Gasteiger partial charge in [-0.1, -0.05) is 43.3 Å². The number of hydrogen-bond acceptors (Lipinski definition) is 5. The number of carbonyl (C=O) groups is 2. The predicted molar refractivity (Wildman–Crippen MR) is 107 cm³/mol. The molecule has 2 aromatic rings. The van der Waals surface area contributed by atoms with Gasteiger partial charge in [0.25, 0.3) is 0 Å². The normalized spacial score (nSPS) is 24.0.